The summed E-state index contributed by atoms with van der Waals surface area (Å²) in [7, 11) is -3.86. The number of rotatable bonds is 5. The van der Waals surface area contributed by atoms with Crippen LogP contribution in [0.1, 0.15) is 27.2 Å². The van der Waals surface area contributed by atoms with Gasteiger partial charge in [0.1, 0.15) is 5.60 Å². The van der Waals surface area contributed by atoms with Crippen LogP contribution in [0.3, 0.4) is 0 Å². The molecular weight excluding hydrogens is 256 g/mol. The van der Waals surface area contributed by atoms with Crippen molar-refractivity contribution in [2.24, 2.45) is 0 Å². The van der Waals surface area contributed by atoms with E-state index >= 15 is 0 Å². The van der Waals surface area contributed by atoms with Gasteiger partial charge in [0, 0.05) is 12.4 Å². The van der Waals surface area contributed by atoms with E-state index < -0.39 is 21.9 Å². The number of hydrogen-bond acceptors (Lipinski definition) is 4. The molecule has 0 aliphatic heterocycles. The van der Waals surface area contributed by atoms with Crippen molar-refractivity contribution in [2.45, 2.75) is 32.8 Å². The van der Waals surface area contributed by atoms with Gasteiger partial charge in [0.05, 0.1) is 0 Å². The summed E-state index contributed by atoms with van der Waals surface area (Å²) < 4.78 is 31.1. The summed E-state index contributed by atoms with van der Waals surface area (Å²) in [5.74, 6) is 0.342. The first-order valence-electron chi connectivity index (χ1n) is 4.72. The van der Waals surface area contributed by atoms with Crippen molar-refractivity contribution in [3.8, 4) is 0 Å². The maximum Gasteiger partial charge on any atom is 0.422 e. The summed E-state index contributed by atoms with van der Waals surface area (Å²) in [4.78, 5) is 11.1. The number of halogens is 1. The van der Waals surface area contributed by atoms with Crippen molar-refractivity contribution in [1.29, 1.82) is 0 Å². The van der Waals surface area contributed by atoms with Gasteiger partial charge in [-0.25, -0.2) is 9.52 Å². The summed E-state index contributed by atoms with van der Waals surface area (Å²) >= 11 is 5.38. The van der Waals surface area contributed by atoms with Crippen LogP contribution in [-0.4, -0.2) is 32.5 Å². The second-order valence-electron chi connectivity index (χ2n) is 4.04. The molecule has 0 atom stereocenters. The third kappa shape index (κ3) is 8.75. The number of carbonyl (C=O) groups excluding carboxylic acids is 1. The standard InChI is InChI=1S/C8H17ClN2O4S/c1-8(2,3)15-7(12)11-16(13,14)10-6-4-5-9/h10H,4-6H2,1-3H3,(H,11,12). The monoisotopic (exact) mass is 272 g/mol. The maximum atomic E-state index is 11.2. The highest BCUT2D eigenvalue weighted by Gasteiger charge is 2.20. The lowest BCUT2D eigenvalue weighted by Gasteiger charge is -2.19. The van der Waals surface area contributed by atoms with Crippen LogP contribution in [0.5, 0.6) is 0 Å². The molecule has 0 fully saturated rings. The third-order valence-corrected chi connectivity index (χ3v) is 2.51. The Labute approximate surface area is 101 Å². The zero-order chi connectivity index (χ0) is 12.8. The fourth-order valence-corrected chi connectivity index (χ4v) is 1.60. The second-order valence-corrected chi connectivity index (χ2v) is 5.92. The number of carbonyl (C=O) groups is 1. The summed E-state index contributed by atoms with van der Waals surface area (Å²) in [6, 6.07) is 0. The topological polar surface area (TPSA) is 84.5 Å². The smallest absolute Gasteiger partial charge is 0.422 e. The highest BCUT2D eigenvalue weighted by molar-refractivity contribution is 7.88. The van der Waals surface area contributed by atoms with Crippen LogP contribution >= 0.6 is 11.6 Å². The van der Waals surface area contributed by atoms with Gasteiger partial charge < -0.3 is 4.74 Å². The fourth-order valence-electron chi connectivity index (χ4n) is 0.718. The molecule has 8 heteroatoms. The Bertz CT molecular complexity index is 323. The Morgan fingerprint density at radius 1 is 1.38 bits per heavy atom. The minimum Gasteiger partial charge on any atom is -0.443 e. The normalized spacial score (nSPS) is 12.2. The van der Waals surface area contributed by atoms with Crippen molar-refractivity contribution in [1.82, 2.24) is 9.44 Å². The van der Waals surface area contributed by atoms with E-state index in [-0.39, 0.29) is 6.54 Å². The molecule has 0 spiro atoms. The lowest BCUT2D eigenvalue weighted by atomic mass is 10.2. The minimum absolute atomic E-state index is 0.168. The molecule has 6 nitrogen and oxygen atoms in total. The first-order chi connectivity index (χ1) is 7.16. The average molecular weight is 273 g/mol. The van der Waals surface area contributed by atoms with Gasteiger partial charge in [0.2, 0.25) is 0 Å². The fraction of sp³-hybridized carbons (Fsp3) is 0.875. The van der Waals surface area contributed by atoms with E-state index in [0.29, 0.717) is 12.3 Å². The van der Waals surface area contributed by atoms with Crippen LogP contribution in [0, 0.1) is 0 Å². The Balaban J connectivity index is 4.11. The lowest BCUT2D eigenvalue weighted by Crippen LogP contribution is -2.43. The maximum absolute atomic E-state index is 11.2. The van der Waals surface area contributed by atoms with Crippen LogP contribution in [0.15, 0.2) is 0 Å². The summed E-state index contributed by atoms with van der Waals surface area (Å²) in [5.41, 5.74) is -0.740. The predicted octanol–water partition coefficient (Wildman–Crippen LogP) is 0.974. The Morgan fingerprint density at radius 3 is 2.38 bits per heavy atom. The van der Waals surface area contributed by atoms with Crippen molar-refractivity contribution in [3.63, 3.8) is 0 Å². The molecule has 2 N–H and O–H groups in total. The molecule has 0 heterocycles. The number of hydrogen-bond donors (Lipinski definition) is 2. The highest BCUT2D eigenvalue weighted by atomic mass is 35.5. The SMILES string of the molecule is CC(C)(C)OC(=O)NS(=O)(=O)NCCCCl. The number of nitrogens with one attached hydrogen (secondary N) is 2. The summed E-state index contributed by atoms with van der Waals surface area (Å²) in [6.07, 6.45) is -0.526. The predicted molar refractivity (Wildman–Crippen MR) is 61.6 cm³/mol. The summed E-state index contributed by atoms with van der Waals surface area (Å²) in [5, 5.41) is 0. The first kappa shape index (κ1) is 15.5. The molecule has 0 saturated carbocycles. The van der Waals surface area contributed by atoms with Gasteiger partial charge in [-0.1, -0.05) is 0 Å². The molecule has 96 valence electrons. The van der Waals surface area contributed by atoms with Crippen LogP contribution in [0.4, 0.5) is 4.79 Å². The van der Waals surface area contributed by atoms with Crippen molar-refractivity contribution in [3.05, 3.63) is 0 Å². The second kappa shape index (κ2) is 6.27. The van der Waals surface area contributed by atoms with E-state index in [2.05, 4.69) is 4.72 Å². The van der Waals surface area contributed by atoms with Crippen LogP contribution < -0.4 is 9.44 Å². The van der Waals surface area contributed by atoms with Gasteiger partial charge in [0.25, 0.3) is 0 Å². The first-order valence-corrected chi connectivity index (χ1v) is 6.74. The van der Waals surface area contributed by atoms with Gasteiger partial charge in [-0.2, -0.15) is 13.1 Å². The molecule has 0 unspecified atom stereocenters. The Morgan fingerprint density at radius 2 is 1.94 bits per heavy atom. The lowest BCUT2D eigenvalue weighted by molar-refractivity contribution is 0.0569. The van der Waals surface area contributed by atoms with E-state index in [1.54, 1.807) is 25.5 Å². The van der Waals surface area contributed by atoms with Gasteiger partial charge in [-0.3, -0.25) is 0 Å². The quantitative estimate of drug-likeness (QED) is 0.577. The van der Waals surface area contributed by atoms with Crippen LogP contribution in [0.2, 0.25) is 0 Å². The van der Waals surface area contributed by atoms with Gasteiger partial charge >= 0.3 is 16.3 Å². The molecule has 0 aliphatic rings. The highest BCUT2D eigenvalue weighted by Crippen LogP contribution is 2.06. The zero-order valence-electron chi connectivity index (χ0n) is 9.54. The molecule has 16 heavy (non-hydrogen) atoms. The van der Waals surface area contributed by atoms with Crippen molar-refractivity contribution >= 4 is 27.9 Å². The number of ether oxygens (including phenoxy) is 1. The molecule has 0 saturated heterocycles. The molecule has 0 rings (SSSR count). The van der Waals surface area contributed by atoms with Crippen molar-refractivity contribution < 1.29 is 17.9 Å². The summed E-state index contributed by atoms with van der Waals surface area (Å²) in [6.45, 7) is 5.09. The molecule has 0 aromatic carbocycles. The Kier molecular flexibility index (Phi) is 6.06. The average Bonchev–Trinajstić information content (AvgIpc) is 1.98. The van der Waals surface area contributed by atoms with E-state index in [1.807, 2.05) is 0 Å². The van der Waals surface area contributed by atoms with Gasteiger partial charge in [-0.05, 0) is 27.2 Å². The number of amides is 1. The molecular formula is C8H17ClN2O4S. The molecule has 0 bridgehead atoms. The van der Waals surface area contributed by atoms with Crippen molar-refractivity contribution in [2.75, 3.05) is 12.4 Å². The zero-order valence-corrected chi connectivity index (χ0v) is 11.1. The van der Waals surface area contributed by atoms with Crippen LogP contribution in [-0.2, 0) is 14.9 Å². The third-order valence-electron chi connectivity index (χ3n) is 1.22. The van der Waals surface area contributed by atoms with E-state index in [9.17, 15) is 13.2 Å². The molecule has 0 radical (unpaired) electrons. The molecule has 0 aliphatic carbocycles. The van der Waals surface area contributed by atoms with Gasteiger partial charge in [0.15, 0.2) is 0 Å². The number of alkyl halides is 1. The van der Waals surface area contributed by atoms with Crippen LogP contribution in [0.25, 0.3) is 0 Å². The Hall–Kier alpha value is -0.530. The van der Waals surface area contributed by atoms with E-state index in [4.69, 9.17) is 16.3 Å². The molecule has 0 aromatic heterocycles. The minimum atomic E-state index is -3.86. The largest absolute Gasteiger partial charge is 0.443 e. The van der Waals surface area contributed by atoms with E-state index in [1.165, 1.54) is 0 Å². The molecule has 0 aromatic rings. The molecule has 1 amide bonds. The van der Waals surface area contributed by atoms with E-state index in [0.717, 1.165) is 0 Å². The van der Waals surface area contributed by atoms with Gasteiger partial charge in [-0.15, -0.1) is 11.6 Å².